The molecule has 1 amide bonds. The van der Waals surface area contributed by atoms with Crippen molar-refractivity contribution in [2.45, 2.75) is 13.0 Å². The van der Waals surface area contributed by atoms with Crippen molar-refractivity contribution < 1.29 is 9.18 Å². The van der Waals surface area contributed by atoms with Gasteiger partial charge in [0.25, 0.3) is 0 Å². The molecule has 1 aromatic heterocycles. The molecule has 0 aliphatic heterocycles. The lowest BCUT2D eigenvalue weighted by Gasteiger charge is -2.21. The molecular weight excluding hydrogens is 339 g/mol. The Kier molecular flexibility index (Phi) is 6.47. The van der Waals surface area contributed by atoms with Crippen LogP contribution in [-0.2, 0) is 17.8 Å². The van der Waals surface area contributed by atoms with E-state index in [0.29, 0.717) is 19.5 Å². The van der Waals surface area contributed by atoms with Crippen molar-refractivity contribution in [3.8, 4) is 0 Å². The van der Waals surface area contributed by atoms with E-state index in [4.69, 9.17) is 0 Å². The van der Waals surface area contributed by atoms with Crippen LogP contribution in [-0.4, -0.2) is 22.3 Å². The maximum atomic E-state index is 13.0. The molecule has 0 aliphatic carbocycles. The Morgan fingerprint density at radius 2 is 1.70 bits per heavy atom. The molecule has 0 N–H and O–H groups in total. The van der Waals surface area contributed by atoms with E-state index in [9.17, 15) is 9.18 Å². The van der Waals surface area contributed by atoms with Gasteiger partial charge in [0.1, 0.15) is 5.82 Å². The zero-order valence-corrected chi connectivity index (χ0v) is 15.0. The van der Waals surface area contributed by atoms with Crippen LogP contribution in [0.5, 0.6) is 0 Å². The molecule has 3 rings (SSSR count). The van der Waals surface area contributed by atoms with Gasteiger partial charge in [-0.2, -0.15) is 0 Å². The predicted octanol–water partition coefficient (Wildman–Crippen LogP) is 4.51. The summed E-state index contributed by atoms with van der Waals surface area (Å²) >= 11 is 0. The van der Waals surface area contributed by atoms with Gasteiger partial charge in [-0.05, 0) is 41.5 Å². The SMILES string of the molecule is O=C(/C=C/c1ccc(F)cc1)N(CCc1ccccn1)Cc1ccccc1. The summed E-state index contributed by atoms with van der Waals surface area (Å²) in [6, 6.07) is 21.7. The molecule has 0 atom stereocenters. The van der Waals surface area contributed by atoms with Crippen molar-refractivity contribution >= 4 is 12.0 Å². The molecule has 3 aromatic rings. The largest absolute Gasteiger partial charge is 0.334 e. The molecule has 0 bridgehead atoms. The Morgan fingerprint density at radius 1 is 0.963 bits per heavy atom. The van der Waals surface area contributed by atoms with Crippen LogP contribution in [0.4, 0.5) is 4.39 Å². The highest BCUT2D eigenvalue weighted by Crippen LogP contribution is 2.09. The Bertz CT molecular complexity index is 877. The second kappa shape index (κ2) is 9.43. The first-order chi connectivity index (χ1) is 13.2. The highest BCUT2D eigenvalue weighted by atomic mass is 19.1. The lowest BCUT2D eigenvalue weighted by atomic mass is 10.1. The molecule has 2 aromatic carbocycles. The summed E-state index contributed by atoms with van der Waals surface area (Å²) in [6.07, 6.45) is 5.69. The summed E-state index contributed by atoms with van der Waals surface area (Å²) in [4.78, 5) is 18.9. The number of hydrogen-bond donors (Lipinski definition) is 0. The molecule has 27 heavy (non-hydrogen) atoms. The second-order valence-corrected chi connectivity index (χ2v) is 6.20. The van der Waals surface area contributed by atoms with Gasteiger partial charge in [0.05, 0.1) is 0 Å². The van der Waals surface area contributed by atoms with Crippen molar-refractivity contribution in [1.82, 2.24) is 9.88 Å². The van der Waals surface area contributed by atoms with Gasteiger partial charge in [0.15, 0.2) is 0 Å². The van der Waals surface area contributed by atoms with Crippen LogP contribution in [0.2, 0.25) is 0 Å². The van der Waals surface area contributed by atoms with E-state index in [1.54, 1.807) is 29.3 Å². The molecule has 0 unspecified atom stereocenters. The quantitative estimate of drug-likeness (QED) is 0.581. The van der Waals surface area contributed by atoms with E-state index in [1.165, 1.54) is 18.2 Å². The lowest BCUT2D eigenvalue weighted by Crippen LogP contribution is -2.31. The zero-order valence-electron chi connectivity index (χ0n) is 15.0. The minimum absolute atomic E-state index is 0.0842. The summed E-state index contributed by atoms with van der Waals surface area (Å²) in [5, 5.41) is 0. The number of hydrogen-bond acceptors (Lipinski definition) is 2. The zero-order chi connectivity index (χ0) is 18.9. The van der Waals surface area contributed by atoms with E-state index >= 15 is 0 Å². The van der Waals surface area contributed by atoms with E-state index in [0.717, 1.165) is 16.8 Å². The number of aromatic nitrogens is 1. The van der Waals surface area contributed by atoms with E-state index in [1.807, 2.05) is 48.5 Å². The number of nitrogens with zero attached hydrogens (tertiary/aromatic N) is 2. The minimum atomic E-state index is -0.292. The molecule has 1 heterocycles. The van der Waals surface area contributed by atoms with Crippen LogP contribution in [0.15, 0.2) is 85.1 Å². The highest BCUT2D eigenvalue weighted by Gasteiger charge is 2.12. The molecule has 0 spiro atoms. The van der Waals surface area contributed by atoms with E-state index in [2.05, 4.69) is 4.98 Å². The van der Waals surface area contributed by atoms with Gasteiger partial charge < -0.3 is 4.90 Å². The van der Waals surface area contributed by atoms with Crippen LogP contribution in [0, 0.1) is 5.82 Å². The van der Waals surface area contributed by atoms with Crippen molar-refractivity contribution in [2.75, 3.05) is 6.54 Å². The number of rotatable bonds is 7. The third kappa shape index (κ3) is 5.89. The first-order valence-electron chi connectivity index (χ1n) is 8.87. The van der Waals surface area contributed by atoms with Crippen LogP contribution in [0.25, 0.3) is 6.08 Å². The maximum Gasteiger partial charge on any atom is 0.246 e. The molecule has 0 fully saturated rings. The average molecular weight is 360 g/mol. The highest BCUT2D eigenvalue weighted by molar-refractivity contribution is 5.91. The smallest absolute Gasteiger partial charge is 0.246 e. The molecular formula is C23H21FN2O. The monoisotopic (exact) mass is 360 g/mol. The summed E-state index contributed by atoms with van der Waals surface area (Å²) in [7, 11) is 0. The Morgan fingerprint density at radius 3 is 2.41 bits per heavy atom. The van der Waals surface area contributed by atoms with Crippen LogP contribution in [0.1, 0.15) is 16.8 Å². The summed E-state index contributed by atoms with van der Waals surface area (Å²) in [6.45, 7) is 1.10. The summed E-state index contributed by atoms with van der Waals surface area (Å²) < 4.78 is 13.0. The van der Waals surface area contributed by atoms with Crippen molar-refractivity contribution in [1.29, 1.82) is 0 Å². The van der Waals surface area contributed by atoms with Crippen molar-refractivity contribution in [2.24, 2.45) is 0 Å². The van der Waals surface area contributed by atoms with Gasteiger partial charge in [0.2, 0.25) is 5.91 Å². The average Bonchev–Trinajstić information content (AvgIpc) is 2.72. The third-order valence-corrected chi connectivity index (χ3v) is 4.18. The van der Waals surface area contributed by atoms with Crippen molar-refractivity contribution in [3.05, 3.63) is 108 Å². The van der Waals surface area contributed by atoms with Gasteiger partial charge >= 0.3 is 0 Å². The Hall–Kier alpha value is -3.27. The molecule has 0 radical (unpaired) electrons. The van der Waals surface area contributed by atoms with Gasteiger partial charge in [-0.15, -0.1) is 0 Å². The Labute approximate surface area is 158 Å². The van der Waals surface area contributed by atoms with Crippen LogP contribution in [0.3, 0.4) is 0 Å². The molecule has 136 valence electrons. The fourth-order valence-corrected chi connectivity index (χ4v) is 2.71. The van der Waals surface area contributed by atoms with E-state index < -0.39 is 0 Å². The van der Waals surface area contributed by atoms with Gasteiger partial charge in [-0.1, -0.05) is 48.5 Å². The number of pyridine rings is 1. The molecule has 4 heteroatoms. The van der Waals surface area contributed by atoms with E-state index in [-0.39, 0.29) is 11.7 Å². The lowest BCUT2D eigenvalue weighted by molar-refractivity contribution is -0.126. The Balaban J connectivity index is 1.71. The predicted molar refractivity (Wildman–Crippen MR) is 105 cm³/mol. The second-order valence-electron chi connectivity index (χ2n) is 6.20. The number of carbonyl (C=O) groups excluding carboxylic acids is 1. The first-order valence-corrected chi connectivity index (χ1v) is 8.87. The normalized spacial score (nSPS) is 10.9. The molecule has 0 saturated heterocycles. The number of carbonyl (C=O) groups is 1. The van der Waals surface area contributed by atoms with Gasteiger partial charge in [-0.25, -0.2) is 4.39 Å². The molecule has 3 nitrogen and oxygen atoms in total. The number of benzene rings is 2. The summed E-state index contributed by atoms with van der Waals surface area (Å²) in [5.41, 5.74) is 2.81. The first kappa shape index (κ1) is 18.5. The maximum absolute atomic E-state index is 13.0. The molecule has 0 aliphatic rings. The summed E-state index contributed by atoms with van der Waals surface area (Å²) in [5.74, 6) is -0.376. The number of halogens is 1. The fourth-order valence-electron chi connectivity index (χ4n) is 2.71. The van der Waals surface area contributed by atoms with Crippen molar-refractivity contribution in [3.63, 3.8) is 0 Å². The fraction of sp³-hybridized carbons (Fsp3) is 0.130. The standard InChI is InChI=1S/C23H21FN2O/c24-21-12-9-19(10-13-21)11-14-23(27)26(18-20-6-2-1-3-7-20)17-15-22-8-4-5-16-25-22/h1-14,16H,15,17-18H2/b14-11+. The van der Waals surface area contributed by atoms with Crippen LogP contribution < -0.4 is 0 Å². The molecule has 0 saturated carbocycles. The van der Waals surface area contributed by atoms with Crippen LogP contribution >= 0.6 is 0 Å². The number of amides is 1. The topological polar surface area (TPSA) is 33.2 Å². The minimum Gasteiger partial charge on any atom is -0.334 e. The van der Waals surface area contributed by atoms with Gasteiger partial charge in [-0.3, -0.25) is 9.78 Å². The van der Waals surface area contributed by atoms with Gasteiger partial charge in [0, 0.05) is 37.5 Å². The third-order valence-electron chi connectivity index (χ3n) is 4.18.